The van der Waals surface area contributed by atoms with Crippen molar-refractivity contribution in [1.82, 2.24) is 5.32 Å². The summed E-state index contributed by atoms with van der Waals surface area (Å²) in [5, 5.41) is 12.7. The van der Waals surface area contributed by atoms with Crippen molar-refractivity contribution in [2.75, 3.05) is 7.11 Å². The lowest BCUT2D eigenvalue weighted by molar-refractivity contribution is 0.413. The first kappa shape index (κ1) is 13.9. The Bertz CT molecular complexity index is 460. The molecule has 19 heavy (non-hydrogen) atoms. The molecule has 1 aliphatic rings. The summed E-state index contributed by atoms with van der Waals surface area (Å²) in [5.74, 6) is 1.60. The van der Waals surface area contributed by atoms with Crippen molar-refractivity contribution < 1.29 is 4.74 Å². The smallest absolute Gasteiger partial charge is 0.136 e. The highest BCUT2D eigenvalue weighted by Gasteiger charge is 2.24. The van der Waals surface area contributed by atoms with Crippen LogP contribution >= 0.6 is 0 Å². The maximum absolute atomic E-state index is 9.07. The Labute approximate surface area is 115 Å². The topological polar surface area (TPSA) is 45.0 Å². The van der Waals surface area contributed by atoms with Gasteiger partial charge in [0.2, 0.25) is 0 Å². The molecule has 2 rings (SSSR count). The van der Waals surface area contributed by atoms with Gasteiger partial charge in [-0.15, -0.1) is 0 Å². The van der Waals surface area contributed by atoms with Crippen LogP contribution in [0.3, 0.4) is 0 Å². The molecule has 1 fully saturated rings. The lowest BCUT2D eigenvalue weighted by Gasteiger charge is -2.17. The lowest BCUT2D eigenvalue weighted by Crippen LogP contribution is -2.28. The molecule has 0 saturated heterocycles. The van der Waals surface area contributed by atoms with E-state index in [1.165, 1.54) is 19.3 Å². The zero-order chi connectivity index (χ0) is 13.7. The van der Waals surface area contributed by atoms with Crippen LogP contribution in [-0.2, 0) is 6.54 Å². The monoisotopic (exact) mass is 258 g/mol. The van der Waals surface area contributed by atoms with Gasteiger partial charge in [0.15, 0.2) is 0 Å². The van der Waals surface area contributed by atoms with Gasteiger partial charge in [0.1, 0.15) is 11.8 Å². The second-order valence-corrected chi connectivity index (χ2v) is 5.31. The van der Waals surface area contributed by atoms with Crippen LogP contribution in [0.2, 0.25) is 0 Å². The van der Waals surface area contributed by atoms with E-state index in [0.717, 1.165) is 24.4 Å². The number of hydrogen-bond acceptors (Lipinski definition) is 3. The third-order valence-electron chi connectivity index (χ3n) is 3.79. The third kappa shape index (κ3) is 3.97. The van der Waals surface area contributed by atoms with Crippen molar-refractivity contribution in [3.8, 4) is 11.8 Å². The number of ether oxygens (including phenoxy) is 1. The summed E-state index contributed by atoms with van der Waals surface area (Å²) in [6, 6.07) is 8.58. The molecule has 1 N–H and O–H groups in total. The van der Waals surface area contributed by atoms with Gasteiger partial charge in [-0.05, 0) is 36.5 Å². The molecule has 0 radical (unpaired) electrons. The van der Waals surface area contributed by atoms with E-state index in [4.69, 9.17) is 10.00 Å². The van der Waals surface area contributed by atoms with E-state index in [1.54, 1.807) is 7.11 Å². The van der Waals surface area contributed by atoms with E-state index < -0.39 is 0 Å². The van der Waals surface area contributed by atoms with Crippen molar-refractivity contribution in [2.45, 2.75) is 45.2 Å². The molecule has 0 amide bonds. The number of methoxy groups -OCH3 is 1. The summed E-state index contributed by atoms with van der Waals surface area (Å²) in [6.45, 7) is 3.05. The first-order valence-corrected chi connectivity index (χ1v) is 7.07. The predicted octanol–water partition coefficient (Wildman–Crippen LogP) is 3.24. The molecule has 1 aromatic carbocycles. The van der Waals surface area contributed by atoms with E-state index in [1.807, 2.05) is 18.2 Å². The van der Waals surface area contributed by atoms with Crippen LogP contribution in [0.25, 0.3) is 0 Å². The van der Waals surface area contributed by atoms with Crippen LogP contribution < -0.4 is 10.1 Å². The molecule has 0 aliphatic heterocycles. The largest absolute Gasteiger partial charge is 0.495 e. The Morgan fingerprint density at radius 2 is 2.26 bits per heavy atom. The second-order valence-electron chi connectivity index (χ2n) is 5.31. The van der Waals surface area contributed by atoms with E-state index in [9.17, 15) is 0 Å². The first-order chi connectivity index (χ1) is 9.26. The number of rotatable bonds is 7. The Kier molecular flexibility index (Phi) is 4.81. The number of nitriles is 1. The summed E-state index contributed by atoms with van der Waals surface area (Å²) in [6.07, 6.45) is 5.26. The number of nitrogens with one attached hydrogen (secondary N) is 1. The Morgan fingerprint density at radius 3 is 2.84 bits per heavy atom. The standard InChI is InChI=1S/C16H22N2O/c1-3-15(9-12-4-5-12)18-11-13-6-7-16(19-2)14(8-13)10-17/h6-8,12,15,18H,3-5,9,11H2,1-2H3. The van der Waals surface area contributed by atoms with Crippen molar-refractivity contribution in [3.63, 3.8) is 0 Å². The fourth-order valence-corrected chi connectivity index (χ4v) is 2.36. The molecule has 0 heterocycles. The molecule has 1 atom stereocenters. The van der Waals surface area contributed by atoms with Crippen LogP contribution in [0, 0.1) is 17.2 Å². The fourth-order valence-electron chi connectivity index (χ4n) is 2.36. The van der Waals surface area contributed by atoms with Gasteiger partial charge in [-0.2, -0.15) is 5.26 Å². The average Bonchev–Trinajstić information content (AvgIpc) is 3.26. The van der Waals surface area contributed by atoms with Gasteiger partial charge >= 0.3 is 0 Å². The van der Waals surface area contributed by atoms with Gasteiger partial charge in [-0.1, -0.05) is 25.8 Å². The van der Waals surface area contributed by atoms with Crippen molar-refractivity contribution in [1.29, 1.82) is 5.26 Å². The summed E-state index contributed by atoms with van der Waals surface area (Å²) in [4.78, 5) is 0. The molecule has 1 unspecified atom stereocenters. The van der Waals surface area contributed by atoms with Gasteiger partial charge in [0.05, 0.1) is 12.7 Å². The zero-order valence-corrected chi connectivity index (χ0v) is 11.8. The minimum absolute atomic E-state index is 0.597. The van der Waals surface area contributed by atoms with Crippen LogP contribution in [0.1, 0.15) is 43.7 Å². The minimum atomic E-state index is 0.597. The van der Waals surface area contributed by atoms with Gasteiger partial charge in [-0.25, -0.2) is 0 Å². The van der Waals surface area contributed by atoms with E-state index >= 15 is 0 Å². The van der Waals surface area contributed by atoms with Gasteiger partial charge in [0.25, 0.3) is 0 Å². The van der Waals surface area contributed by atoms with E-state index in [0.29, 0.717) is 17.4 Å². The van der Waals surface area contributed by atoms with Crippen LogP contribution in [-0.4, -0.2) is 13.2 Å². The number of nitrogens with zero attached hydrogens (tertiary/aromatic N) is 1. The molecule has 0 spiro atoms. The molecule has 3 heteroatoms. The van der Waals surface area contributed by atoms with E-state index in [2.05, 4.69) is 18.3 Å². The van der Waals surface area contributed by atoms with E-state index in [-0.39, 0.29) is 0 Å². The summed E-state index contributed by atoms with van der Waals surface area (Å²) in [5.41, 5.74) is 1.75. The summed E-state index contributed by atoms with van der Waals surface area (Å²) < 4.78 is 5.16. The van der Waals surface area contributed by atoms with Gasteiger partial charge < -0.3 is 10.1 Å². The summed E-state index contributed by atoms with van der Waals surface area (Å²) >= 11 is 0. The first-order valence-electron chi connectivity index (χ1n) is 7.07. The molecule has 1 saturated carbocycles. The zero-order valence-electron chi connectivity index (χ0n) is 11.8. The Hall–Kier alpha value is -1.53. The lowest BCUT2D eigenvalue weighted by atomic mass is 10.1. The molecule has 1 aromatic rings. The van der Waals surface area contributed by atoms with Crippen molar-refractivity contribution >= 4 is 0 Å². The molecular weight excluding hydrogens is 236 g/mol. The highest BCUT2D eigenvalue weighted by molar-refractivity contribution is 5.45. The van der Waals surface area contributed by atoms with Gasteiger partial charge in [-0.3, -0.25) is 0 Å². The molecule has 1 aliphatic carbocycles. The Balaban J connectivity index is 1.92. The summed E-state index contributed by atoms with van der Waals surface area (Å²) in [7, 11) is 1.59. The quantitative estimate of drug-likeness (QED) is 0.816. The Morgan fingerprint density at radius 1 is 1.47 bits per heavy atom. The predicted molar refractivity (Wildman–Crippen MR) is 76.0 cm³/mol. The number of benzene rings is 1. The van der Waals surface area contributed by atoms with Crippen molar-refractivity contribution in [2.24, 2.45) is 5.92 Å². The highest BCUT2D eigenvalue weighted by atomic mass is 16.5. The third-order valence-corrected chi connectivity index (χ3v) is 3.79. The molecule has 102 valence electrons. The van der Waals surface area contributed by atoms with Crippen molar-refractivity contribution in [3.05, 3.63) is 29.3 Å². The normalized spacial score (nSPS) is 15.8. The maximum Gasteiger partial charge on any atom is 0.136 e. The van der Waals surface area contributed by atoms with Crippen LogP contribution in [0.15, 0.2) is 18.2 Å². The molecule has 3 nitrogen and oxygen atoms in total. The average molecular weight is 258 g/mol. The second kappa shape index (κ2) is 6.58. The molecular formula is C16H22N2O. The fraction of sp³-hybridized carbons (Fsp3) is 0.562. The molecule has 0 aromatic heterocycles. The maximum atomic E-state index is 9.07. The minimum Gasteiger partial charge on any atom is -0.495 e. The van der Waals surface area contributed by atoms with Crippen LogP contribution in [0.4, 0.5) is 0 Å². The molecule has 0 bridgehead atoms. The SMILES string of the molecule is CCC(CC1CC1)NCc1ccc(OC)c(C#N)c1. The number of hydrogen-bond donors (Lipinski definition) is 1. The van der Waals surface area contributed by atoms with Crippen LogP contribution in [0.5, 0.6) is 5.75 Å². The van der Waals surface area contributed by atoms with Gasteiger partial charge in [0, 0.05) is 12.6 Å². The highest BCUT2D eigenvalue weighted by Crippen LogP contribution is 2.34.